The number of hydrogen-bond acceptors (Lipinski definition) is 7. The number of Topliss-reactive ketones (excluding diaryl/α,β-unsaturated/α-hetero) is 1. The van der Waals surface area contributed by atoms with Gasteiger partial charge in [0.15, 0.2) is 5.76 Å². The number of aliphatic hydroxyl groups is 2. The Kier molecular flexibility index (Phi) is 10.2. The zero-order valence-corrected chi connectivity index (χ0v) is 35.3. The molecule has 0 saturated heterocycles. The largest absolute Gasteiger partial charge is 0.453 e. The topological polar surface area (TPSA) is 109 Å². The number of alkyl halides is 3. The van der Waals surface area contributed by atoms with Crippen LogP contribution in [0.5, 0.6) is 5.75 Å². The second kappa shape index (κ2) is 14.9. The number of nitrogens with zero attached hydrogens (tertiary/aromatic N) is 1. The summed E-state index contributed by atoms with van der Waals surface area (Å²) in [6.07, 6.45) is 5.33. The van der Waals surface area contributed by atoms with Gasteiger partial charge in [-0.15, -0.1) is 0 Å². The lowest BCUT2D eigenvalue weighted by molar-refractivity contribution is -0.175. The van der Waals surface area contributed by atoms with E-state index < -0.39 is 45.8 Å². The fourth-order valence-corrected chi connectivity index (χ4v) is 12.8. The maximum absolute atomic E-state index is 15.2. The standard InChI is InChI=1S/C49H51ClF3NO7/c1-44-18-15-33(55)27-46(44)21-22-48(36(28-46)42(56)39-14-13-38(61-39)35-26-32(49(51,52)53)10-12-37(35)50)40(44)16-19-45(2)41(48)17-20-47(45,58)29-54(23-6-24-59-3)43(57)60-34-11-9-30-7-4-5-8-31(30)25-34/h4-5,7-14,21-22,25-26,28,33,40-41,55,58H,6,15-20,23-24,27,29H2,1-3H3. The summed E-state index contributed by atoms with van der Waals surface area (Å²) in [6.45, 7) is 5.09. The second-order valence-corrected chi connectivity index (χ2v) is 19.0. The first-order valence-corrected chi connectivity index (χ1v) is 21.7. The second-order valence-electron chi connectivity index (χ2n) is 18.6. The Morgan fingerprint density at radius 1 is 0.918 bits per heavy atom. The fourth-order valence-electron chi connectivity index (χ4n) is 12.6. The minimum atomic E-state index is -4.61. The number of furan rings is 1. The molecule has 8 unspecified atom stereocenters. The van der Waals surface area contributed by atoms with Crippen molar-refractivity contribution < 1.29 is 46.9 Å². The van der Waals surface area contributed by atoms with Crippen molar-refractivity contribution in [1.29, 1.82) is 0 Å². The van der Waals surface area contributed by atoms with E-state index in [2.05, 4.69) is 32.1 Å². The van der Waals surface area contributed by atoms with Crippen LogP contribution in [0.3, 0.4) is 0 Å². The van der Waals surface area contributed by atoms with E-state index >= 15 is 4.79 Å². The van der Waals surface area contributed by atoms with Crippen LogP contribution in [0.4, 0.5) is 18.0 Å². The van der Waals surface area contributed by atoms with Crippen LogP contribution in [0.1, 0.15) is 81.3 Å². The van der Waals surface area contributed by atoms with Crippen LogP contribution in [-0.4, -0.2) is 65.5 Å². The predicted molar refractivity (Wildman–Crippen MR) is 225 cm³/mol. The van der Waals surface area contributed by atoms with E-state index in [-0.39, 0.29) is 51.7 Å². The maximum atomic E-state index is 15.2. The number of methoxy groups -OCH3 is 1. The van der Waals surface area contributed by atoms with Crippen LogP contribution < -0.4 is 4.74 Å². The lowest BCUT2D eigenvalue weighted by atomic mass is 9.32. The quantitative estimate of drug-likeness (QED) is 0.0928. The normalized spacial score (nSPS) is 32.5. The van der Waals surface area contributed by atoms with E-state index in [0.29, 0.717) is 69.4 Å². The molecule has 2 bridgehead atoms. The Morgan fingerprint density at radius 2 is 1.66 bits per heavy atom. The number of carbonyl (C=O) groups is 2. The van der Waals surface area contributed by atoms with Gasteiger partial charge in [0.1, 0.15) is 11.5 Å². The minimum absolute atomic E-state index is 0.0142. The van der Waals surface area contributed by atoms with Gasteiger partial charge in [0.2, 0.25) is 5.78 Å². The Bertz CT molecular complexity index is 2460. The van der Waals surface area contributed by atoms with E-state index in [1.54, 1.807) is 18.1 Å². The molecule has 0 radical (unpaired) electrons. The number of rotatable bonds is 10. The van der Waals surface area contributed by atoms with Crippen LogP contribution in [0.15, 0.2) is 101 Å². The van der Waals surface area contributed by atoms with E-state index in [1.807, 2.05) is 36.4 Å². The lowest BCUT2D eigenvalue weighted by Crippen LogP contribution is -2.67. The van der Waals surface area contributed by atoms with Crippen molar-refractivity contribution in [3.8, 4) is 17.1 Å². The number of ether oxygens (including phenoxy) is 2. The molecule has 61 heavy (non-hydrogen) atoms. The molecule has 12 heteroatoms. The highest BCUT2D eigenvalue weighted by atomic mass is 35.5. The van der Waals surface area contributed by atoms with Crippen LogP contribution >= 0.6 is 11.6 Å². The number of hydrogen-bond donors (Lipinski definition) is 2. The summed E-state index contributed by atoms with van der Waals surface area (Å²) < 4.78 is 58.7. The molecular weight excluding hydrogens is 807 g/mol. The Morgan fingerprint density at radius 3 is 2.43 bits per heavy atom. The van der Waals surface area contributed by atoms with E-state index in [9.17, 15) is 28.2 Å². The number of ketones is 1. The van der Waals surface area contributed by atoms with E-state index in [1.165, 1.54) is 18.2 Å². The molecule has 6 aliphatic rings. The molecule has 8 atom stereocenters. The van der Waals surface area contributed by atoms with Crippen LogP contribution in [0, 0.1) is 33.5 Å². The zero-order chi connectivity index (χ0) is 43.2. The first-order chi connectivity index (χ1) is 29.0. The molecule has 10 rings (SSSR count). The maximum Gasteiger partial charge on any atom is 0.416 e. The highest BCUT2D eigenvalue weighted by Crippen LogP contribution is 2.78. The lowest BCUT2D eigenvalue weighted by Gasteiger charge is -2.71. The molecule has 1 amide bonds. The number of allylic oxidation sites excluding steroid dienone is 4. The molecule has 4 aromatic rings. The highest BCUT2D eigenvalue weighted by Gasteiger charge is 2.74. The Balaban J connectivity index is 1.08. The van der Waals surface area contributed by atoms with Gasteiger partial charge in [-0.05, 0) is 122 Å². The van der Waals surface area contributed by atoms with E-state index in [4.69, 9.17) is 25.5 Å². The fraction of sp³-hybridized carbons (Fsp3) is 0.469. The summed E-state index contributed by atoms with van der Waals surface area (Å²) in [4.78, 5) is 30.8. The zero-order valence-electron chi connectivity index (χ0n) is 34.6. The first-order valence-electron chi connectivity index (χ1n) is 21.3. The highest BCUT2D eigenvalue weighted by molar-refractivity contribution is 6.33. The molecule has 6 aliphatic carbocycles. The van der Waals surface area contributed by atoms with Crippen molar-refractivity contribution in [2.45, 2.75) is 83.1 Å². The summed E-state index contributed by atoms with van der Waals surface area (Å²) in [6, 6.07) is 19.3. The number of amides is 1. The van der Waals surface area contributed by atoms with Gasteiger partial charge < -0.3 is 29.0 Å². The molecule has 3 saturated carbocycles. The molecule has 3 fully saturated rings. The van der Waals surface area contributed by atoms with Gasteiger partial charge >= 0.3 is 12.3 Å². The van der Waals surface area contributed by atoms with Gasteiger partial charge in [-0.3, -0.25) is 4.79 Å². The first kappa shape index (κ1) is 41.9. The number of aliphatic hydroxyl groups excluding tert-OH is 1. The third kappa shape index (κ3) is 6.51. The van der Waals surface area contributed by atoms with Crippen LogP contribution in [-0.2, 0) is 10.9 Å². The molecule has 8 nitrogen and oxygen atoms in total. The summed E-state index contributed by atoms with van der Waals surface area (Å²) in [5.41, 5.74) is -4.24. The van der Waals surface area contributed by atoms with Gasteiger partial charge in [0.25, 0.3) is 0 Å². The minimum Gasteiger partial charge on any atom is -0.453 e. The van der Waals surface area contributed by atoms with Crippen molar-refractivity contribution in [2.24, 2.45) is 33.5 Å². The summed E-state index contributed by atoms with van der Waals surface area (Å²) in [5, 5.41) is 26.2. The van der Waals surface area contributed by atoms with Crippen LogP contribution in [0.25, 0.3) is 22.1 Å². The van der Waals surface area contributed by atoms with E-state index in [0.717, 1.165) is 29.3 Å². The number of halogens is 4. The third-order valence-electron chi connectivity index (χ3n) is 15.8. The van der Waals surface area contributed by atoms with Crippen molar-refractivity contribution >= 4 is 34.2 Å². The van der Waals surface area contributed by atoms with Crippen molar-refractivity contribution in [1.82, 2.24) is 4.90 Å². The molecular formula is C49H51ClF3NO7. The van der Waals surface area contributed by atoms with Gasteiger partial charge in [-0.25, -0.2) is 4.79 Å². The van der Waals surface area contributed by atoms with Gasteiger partial charge in [0, 0.05) is 47.6 Å². The number of fused-ring (bicyclic) bond motifs is 2. The van der Waals surface area contributed by atoms with Crippen molar-refractivity contribution in [2.75, 3.05) is 26.8 Å². The smallest absolute Gasteiger partial charge is 0.416 e. The van der Waals surface area contributed by atoms with Crippen molar-refractivity contribution in [3.63, 3.8) is 0 Å². The van der Waals surface area contributed by atoms with Gasteiger partial charge in [-0.2, -0.15) is 13.2 Å². The van der Waals surface area contributed by atoms with Gasteiger partial charge in [-0.1, -0.05) is 74.0 Å². The third-order valence-corrected chi connectivity index (χ3v) is 16.1. The molecule has 1 aromatic heterocycles. The molecule has 322 valence electrons. The summed E-state index contributed by atoms with van der Waals surface area (Å²) >= 11 is 6.40. The monoisotopic (exact) mass is 857 g/mol. The van der Waals surface area contributed by atoms with Gasteiger partial charge in [0.05, 0.1) is 28.8 Å². The average Bonchev–Trinajstić information content (AvgIpc) is 3.82. The molecule has 1 heterocycles. The molecule has 2 spiro atoms. The van der Waals surface area contributed by atoms with Crippen molar-refractivity contribution in [3.05, 3.63) is 113 Å². The predicted octanol–water partition coefficient (Wildman–Crippen LogP) is 11.1. The molecule has 2 N–H and O–H groups in total. The summed E-state index contributed by atoms with van der Waals surface area (Å²) in [5.74, 6) is -0.234. The SMILES string of the molecule is COCCCN(CC1(O)CCC2C34C=CC5(C=C3C(=O)c3ccc(-c6cc(C(F)(F)F)ccc6Cl)o3)CC(O)CCC5(C)C4CCC21C)C(=O)Oc1ccc2ccccc2c1. The Hall–Kier alpha value is -4.42. The average molecular weight is 858 g/mol. The Labute approximate surface area is 358 Å². The molecule has 3 aromatic carbocycles. The number of benzene rings is 3. The summed E-state index contributed by atoms with van der Waals surface area (Å²) in [7, 11) is 1.60. The van der Waals surface area contributed by atoms with Crippen LogP contribution in [0.2, 0.25) is 5.02 Å². The molecule has 0 aliphatic heterocycles. The number of carbonyl (C=O) groups excluding carboxylic acids is 2.